The molecule has 0 bridgehead atoms. The van der Waals surface area contributed by atoms with Gasteiger partial charge in [-0.25, -0.2) is 0 Å². The molecule has 0 saturated heterocycles. The van der Waals surface area contributed by atoms with Crippen molar-refractivity contribution in [3.63, 3.8) is 0 Å². The third-order valence-electron chi connectivity index (χ3n) is 0. The minimum absolute atomic E-state index is 0. The van der Waals surface area contributed by atoms with E-state index in [0.29, 0.717) is 0 Å². The molecule has 0 aliphatic rings. The molecule has 0 amide bonds. The van der Waals surface area contributed by atoms with E-state index in [-0.39, 0.29) is 46.7 Å². The zero-order chi connectivity index (χ0) is 0. The van der Waals surface area contributed by atoms with E-state index in [9.17, 15) is 0 Å². The number of hydrogen-bond acceptors (Lipinski definition) is 0. The largest absolute Gasteiger partial charge is 4.00 e. The first-order valence-electron chi connectivity index (χ1n) is 0. The summed E-state index contributed by atoms with van der Waals surface area (Å²) in [5.74, 6) is 0. The van der Waals surface area contributed by atoms with Gasteiger partial charge in [0.1, 0.15) is 0 Å². The first-order valence-corrected chi connectivity index (χ1v) is 0. The van der Waals surface area contributed by atoms with Crippen LogP contribution in [-0.2, 0) is 16.8 Å². The molecule has 0 fully saturated rings. The van der Waals surface area contributed by atoms with Gasteiger partial charge in [0.05, 0.1) is 0 Å². The van der Waals surface area contributed by atoms with Gasteiger partial charge in [-0.3, -0.25) is 0 Å². The molecular formula is CoGeN2. The monoisotopic (exact) mass is 161 g/mol. The molecule has 0 rings (SSSR count). The van der Waals surface area contributed by atoms with E-state index in [2.05, 4.69) is 0 Å². The molecule has 0 aliphatic heterocycles. The van der Waals surface area contributed by atoms with Crippen molar-refractivity contribution in [2.45, 2.75) is 0 Å². The van der Waals surface area contributed by atoms with Gasteiger partial charge in [0.15, 0.2) is 0 Å². The second kappa shape index (κ2) is 37.2. The van der Waals surface area contributed by atoms with Crippen molar-refractivity contribution in [1.29, 1.82) is 0 Å². The first kappa shape index (κ1) is 83.3. The smallest absolute Gasteiger partial charge is 3.00 e. The van der Waals surface area contributed by atoms with Gasteiger partial charge in [-0.1, -0.05) is 0 Å². The van der Waals surface area contributed by atoms with E-state index >= 15 is 0 Å². The number of rotatable bonds is 0. The van der Waals surface area contributed by atoms with E-state index in [1.807, 2.05) is 0 Å². The Balaban J connectivity index is 0. The fourth-order valence-electron chi connectivity index (χ4n) is 0. The van der Waals surface area contributed by atoms with Crippen molar-refractivity contribution in [1.82, 2.24) is 0 Å². The van der Waals surface area contributed by atoms with Crippen molar-refractivity contribution in [2.24, 2.45) is 0 Å². The molecule has 0 N–H and O–H groups in total. The molecule has 0 heterocycles. The summed E-state index contributed by atoms with van der Waals surface area (Å²) in [7, 11) is 0. The average molecular weight is 160 g/mol. The van der Waals surface area contributed by atoms with Crippen molar-refractivity contribution in [3.8, 4) is 0 Å². The fraction of sp³-hybridized carbons (Fsp3) is 0. The van der Waals surface area contributed by atoms with Crippen LogP contribution in [0.25, 0.3) is 12.3 Å². The van der Waals surface area contributed by atoms with Crippen molar-refractivity contribution >= 4 is 17.6 Å². The summed E-state index contributed by atoms with van der Waals surface area (Å²) in [6.07, 6.45) is 0. The molecule has 0 atom stereocenters. The average Bonchev–Trinajstić information content (AvgIpc) is 0. The maximum atomic E-state index is 0. The maximum absolute atomic E-state index is 0. The van der Waals surface area contributed by atoms with Crippen LogP contribution in [0.1, 0.15) is 0 Å². The molecule has 4 heteroatoms. The van der Waals surface area contributed by atoms with Crippen LogP contribution in [0.5, 0.6) is 0 Å². The molecule has 4 heavy (non-hydrogen) atoms. The van der Waals surface area contributed by atoms with E-state index in [4.69, 9.17) is 0 Å². The molecule has 0 aromatic heterocycles. The Labute approximate surface area is 47.1 Å². The zero-order valence-corrected chi connectivity index (χ0v) is 4.87. The maximum Gasteiger partial charge on any atom is 4.00 e. The second-order valence-electron chi connectivity index (χ2n) is 0. The van der Waals surface area contributed by atoms with E-state index < -0.39 is 0 Å². The minimum atomic E-state index is 0. The van der Waals surface area contributed by atoms with Gasteiger partial charge >= 0.3 is 34.4 Å². The summed E-state index contributed by atoms with van der Waals surface area (Å²) in [5.41, 5.74) is 0. The van der Waals surface area contributed by atoms with Gasteiger partial charge in [0, 0.05) is 0 Å². The van der Waals surface area contributed by atoms with Crippen LogP contribution < -0.4 is 0 Å². The van der Waals surface area contributed by atoms with Crippen LogP contribution in [0.2, 0.25) is 0 Å². The molecular weight excluding hydrogens is 160 g/mol. The molecule has 0 aliphatic carbocycles. The summed E-state index contributed by atoms with van der Waals surface area (Å²) >= 11 is 0. The van der Waals surface area contributed by atoms with Gasteiger partial charge in [-0.05, 0) is 0 Å². The van der Waals surface area contributed by atoms with Crippen LogP contribution in [0.4, 0.5) is 0 Å². The minimum Gasteiger partial charge on any atom is -3.00 e. The standard InChI is InChI=1S/Co.Ge.2N/q+2;+4;2*-3. The quantitative estimate of drug-likeness (QED) is 0.453. The molecule has 0 saturated carbocycles. The van der Waals surface area contributed by atoms with E-state index in [1.54, 1.807) is 0 Å². The Morgan fingerprint density at radius 3 is 0.750 bits per heavy atom. The first-order chi connectivity index (χ1) is 0. The van der Waals surface area contributed by atoms with E-state index in [0.717, 1.165) is 0 Å². The summed E-state index contributed by atoms with van der Waals surface area (Å²) in [6, 6.07) is 0. The van der Waals surface area contributed by atoms with Crippen molar-refractivity contribution in [2.75, 3.05) is 0 Å². The molecule has 0 unspecified atom stereocenters. The van der Waals surface area contributed by atoms with Crippen LogP contribution in [-0.4, -0.2) is 17.6 Å². The predicted octanol–water partition coefficient (Wildman–Crippen LogP) is 0.194. The molecule has 1 radical (unpaired) electrons. The van der Waals surface area contributed by atoms with Crippen LogP contribution >= 0.6 is 0 Å². The number of hydrogen-bond donors (Lipinski definition) is 0. The summed E-state index contributed by atoms with van der Waals surface area (Å²) in [6.45, 7) is 0. The van der Waals surface area contributed by atoms with Crippen LogP contribution in [0.15, 0.2) is 0 Å². The van der Waals surface area contributed by atoms with E-state index in [1.165, 1.54) is 0 Å². The summed E-state index contributed by atoms with van der Waals surface area (Å²) < 4.78 is 0. The SMILES string of the molecule is [Co+2].[Ge+4].[N-3].[N-3]. The fourth-order valence-corrected chi connectivity index (χ4v) is 0. The Bertz CT molecular complexity index is 6.00. The zero-order valence-electron chi connectivity index (χ0n) is 1.73. The summed E-state index contributed by atoms with van der Waals surface area (Å²) in [4.78, 5) is 0. The van der Waals surface area contributed by atoms with Gasteiger partial charge in [-0.15, -0.1) is 0 Å². The third-order valence-corrected chi connectivity index (χ3v) is 0. The Hall–Kier alpha value is 0.969. The molecule has 0 spiro atoms. The second-order valence-corrected chi connectivity index (χ2v) is 0. The van der Waals surface area contributed by atoms with Crippen LogP contribution in [0.3, 0.4) is 0 Å². The number of nitrogens with zero attached hydrogens (tertiary/aromatic N) is 2. The third kappa shape index (κ3) is 12.3. The van der Waals surface area contributed by atoms with Gasteiger partial charge in [0.25, 0.3) is 0 Å². The van der Waals surface area contributed by atoms with Crippen molar-refractivity contribution in [3.05, 3.63) is 12.3 Å². The molecule has 23 valence electrons. The normalized spacial score (nSPS) is 0. The predicted molar refractivity (Wildman–Crippen MR) is 12.5 cm³/mol. The summed E-state index contributed by atoms with van der Waals surface area (Å²) in [5, 5.41) is 0. The Morgan fingerprint density at radius 1 is 0.750 bits per heavy atom. The Morgan fingerprint density at radius 2 is 0.750 bits per heavy atom. The molecule has 0 aromatic carbocycles. The van der Waals surface area contributed by atoms with Crippen molar-refractivity contribution < 1.29 is 16.8 Å². The van der Waals surface area contributed by atoms with Crippen LogP contribution in [0, 0.1) is 0 Å². The van der Waals surface area contributed by atoms with Gasteiger partial charge in [0.2, 0.25) is 0 Å². The molecule has 2 nitrogen and oxygen atoms in total. The van der Waals surface area contributed by atoms with Gasteiger partial charge < -0.3 is 12.3 Å². The Kier molecular flexibility index (Phi) is 776. The molecule has 0 aromatic rings. The van der Waals surface area contributed by atoms with Gasteiger partial charge in [-0.2, -0.15) is 0 Å². The topological polar surface area (TPSA) is 61.0 Å².